The largest absolute Gasteiger partial charge is 0.497 e. The summed E-state index contributed by atoms with van der Waals surface area (Å²) in [6.45, 7) is 2.29. The van der Waals surface area contributed by atoms with Crippen molar-refractivity contribution in [2.75, 3.05) is 19.1 Å². The average Bonchev–Trinajstić information content (AvgIpc) is 2.78. The number of nitrogens with one attached hydrogen (secondary N) is 1. The fourth-order valence-electron chi connectivity index (χ4n) is 2.60. The van der Waals surface area contributed by atoms with Crippen molar-refractivity contribution in [1.29, 1.82) is 0 Å². The third-order valence-corrected chi connectivity index (χ3v) is 4.32. The maximum atomic E-state index is 5.33. The second-order valence-corrected chi connectivity index (χ2v) is 5.99. The van der Waals surface area contributed by atoms with Crippen LogP contribution in [0.25, 0.3) is 0 Å². The third kappa shape index (κ3) is 3.21. The molecule has 0 saturated carbocycles. The minimum Gasteiger partial charge on any atom is -0.497 e. The maximum absolute atomic E-state index is 5.33. The van der Waals surface area contributed by atoms with Gasteiger partial charge in [0.25, 0.3) is 0 Å². The summed E-state index contributed by atoms with van der Waals surface area (Å²) in [6, 6.07) is 7.56. The van der Waals surface area contributed by atoms with E-state index in [1.54, 1.807) is 7.11 Å². The monoisotopic (exact) mass is 265 g/mol. The Kier molecular flexibility index (Phi) is 4.95. The van der Waals surface area contributed by atoms with Gasteiger partial charge in [-0.25, -0.2) is 0 Å². The van der Waals surface area contributed by atoms with Gasteiger partial charge >= 0.3 is 0 Å². The van der Waals surface area contributed by atoms with E-state index in [1.807, 2.05) is 11.8 Å². The molecule has 2 nitrogen and oxygen atoms in total. The lowest BCUT2D eigenvalue weighted by Gasteiger charge is -2.20. The van der Waals surface area contributed by atoms with Crippen molar-refractivity contribution in [3.05, 3.63) is 29.3 Å². The van der Waals surface area contributed by atoms with Gasteiger partial charge in [-0.15, -0.1) is 0 Å². The molecule has 0 spiro atoms. The lowest BCUT2D eigenvalue weighted by atomic mass is 10.1. The summed E-state index contributed by atoms with van der Waals surface area (Å²) in [4.78, 5) is 0. The molecule has 2 rings (SSSR count). The number of hydrogen-bond acceptors (Lipinski definition) is 3. The standard InChI is InChI=1S/C15H23NOS/c1-11(8-9-18-3)16-15-7-5-12-4-6-13(17-2)10-14(12)15/h4,6,10-11,15-16H,5,7-9H2,1-3H3. The summed E-state index contributed by atoms with van der Waals surface area (Å²) < 4.78 is 5.33. The first kappa shape index (κ1) is 13.8. The highest BCUT2D eigenvalue weighted by atomic mass is 32.2. The van der Waals surface area contributed by atoms with Crippen molar-refractivity contribution in [1.82, 2.24) is 5.32 Å². The molecule has 1 aliphatic rings. The number of aryl methyl sites for hydroxylation is 1. The lowest BCUT2D eigenvalue weighted by Crippen LogP contribution is -2.29. The van der Waals surface area contributed by atoms with Crippen LogP contribution in [0.15, 0.2) is 18.2 Å². The molecule has 3 heteroatoms. The maximum Gasteiger partial charge on any atom is 0.119 e. The van der Waals surface area contributed by atoms with Gasteiger partial charge in [-0.2, -0.15) is 11.8 Å². The number of benzene rings is 1. The van der Waals surface area contributed by atoms with Crippen molar-refractivity contribution < 1.29 is 4.74 Å². The molecule has 0 bridgehead atoms. The predicted molar refractivity (Wildman–Crippen MR) is 79.7 cm³/mol. The van der Waals surface area contributed by atoms with Crippen molar-refractivity contribution in [2.24, 2.45) is 0 Å². The summed E-state index contributed by atoms with van der Waals surface area (Å²) in [6.07, 6.45) is 5.80. The van der Waals surface area contributed by atoms with Crippen LogP contribution in [0.4, 0.5) is 0 Å². The number of fused-ring (bicyclic) bond motifs is 1. The third-order valence-electron chi connectivity index (χ3n) is 3.67. The lowest BCUT2D eigenvalue weighted by molar-refractivity contribution is 0.411. The zero-order valence-corrected chi connectivity index (χ0v) is 12.3. The first-order valence-electron chi connectivity index (χ1n) is 6.66. The minimum atomic E-state index is 0.506. The molecule has 0 radical (unpaired) electrons. The Labute approximate surface area is 114 Å². The Morgan fingerprint density at radius 2 is 2.33 bits per heavy atom. The molecule has 0 aromatic heterocycles. The van der Waals surface area contributed by atoms with Crippen molar-refractivity contribution in [2.45, 2.75) is 38.3 Å². The van der Waals surface area contributed by atoms with Gasteiger partial charge in [0.2, 0.25) is 0 Å². The Bertz CT molecular complexity index is 394. The first-order valence-corrected chi connectivity index (χ1v) is 8.05. The Morgan fingerprint density at radius 1 is 1.50 bits per heavy atom. The van der Waals surface area contributed by atoms with E-state index in [-0.39, 0.29) is 0 Å². The van der Waals surface area contributed by atoms with Crippen LogP contribution >= 0.6 is 11.8 Å². The Morgan fingerprint density at radius 3 is 3.06 bits per heavy atom. The fourth-order valence-corrected chi connectivity index (χ4v) is 3.19. The van der Waals surface area contributed by atoms with E-state index in [0.29, 0.717) is 12.1 Å². The van der Waals surface area contributed by atoms with Crippen LogP contribution in [0.2, 0.25) is 0 Å². The smallest absolute Gasteiger partial charge is 0.119 e. The van der Waals surface area contributed by atoms with E-state index in [4.69, 9.17) is 4.74 Å². The van der Waals surface area contributed by atoms with E-state index in [1.165, 1.54) is 36.1 Å². The zero-order valence-electron chi connectivity index (χ0n) is 11.5. The van der Waals surface area contributed by atoms with Crippen LogP contribution in [0.1, 0.15) is 36.9 Å². The highest BCUT2D eigenvalue weighted by molar-refractivity contribution is 7.98. The molecule has 1 aromatic carbocycles. The van der Waals surface area contributed by atoms with E-state index < -0.39 is 0 Å². The SMILES string of the molecule is COc1ccc2c(c1)C(NC(C)CCSC)CC2. The summed E-state index contributed by atoms with van der Waals surface area (Å²) in [5.41, 5.74) is 2.91. The summed E-state index contributed by atoms with van der Waals surface area (Å²) >= 11 is 1.92. The number of hydrogen-bond donors (Lipinski definition) is 1. The van der Waals surface area contributed by atoms with E-state index in [0.717, 1.165) is 5.75 Å². The van der Waals surface area contributed by atoms with Gasteiger partial charge in [-0.3, -0.25) is 0 Å². The van der Waals surface area contributed by atoms with Gasteiger partial charge in [-0.1, -0.05) is 6.07 Å². The van der Waals surface area contributed by atoms with Crippen LogP contribution in [-0.2, 0) is 6.42 Å². The fraction of sp³-hybridized carbons (Fsp3) is 0.600. The summed E-state index contributed by atoms with van der Waals surface area (Å²) in [5.74, 6) is 2.20. The van der Waals surface area contributed by atoms with E-state index >= 15 is 0 Å². The topological polar surface area (TPSA) is 21.3 Å². The zero-order chi connectivity index (χ0) is 13.0. The molecule has 0 aliphatic heterocycles. The second kappa shape index (κ2) is 6.48. The molecular formula is C15H23NOS. The minimum absolute atomic E-state index is 0.506. The van der Waals surface area contributed by atoms with Crippen LogP contribution < -0.4 is 10.1 Å². The van der Waals surface area contributed by atoms with Gasteiger partial charge in [-0.05, 0) is 61.5 Å². The number of ether oxygens (including phenoxy) is 1. The van der Waals surface area contributed by atoms with Crippen molar-refractivity contribution >= 4 is 11.8 Å². The Balaban J connectivity index is 2.01. The second-order valence-electron chi connectivity index (χ2n) is 5.01. The van der Waals surface area contributed by atoms with Gasteiger partial charge in [0.1, 0.15) is 5.75 Å². The van der Waals surface area contributed by atoms with Crippen LogP contribution in [0.5, 0.6) is 5.75 Å². The predicted octanol–water partition coefficient (Wildman–Crippen LogP) is 3.41. The molecular weight excluding hydrogens is 242 g/mol. The summed E-state index contributed by atoms with van der Waals surface area (Å²) in [5, 5.41) is 3.75. The number of methoxy groups -OCH3 is 1. The molecule has 1 aliphatic carbocycles. The first-order chi connectivity index (χ1) is 8.74. The molecule has 0 amide bonds. The summed E-state index contributed by atoms with van der Waals surface area (Å²) in [7, 11) is 1.74. The number of thioether (sulfide) groups is 1. The quantitative estimate of drug-likeness (QED) is 0.851. The van der Waals surface area contributed by atoms with Crippen molar-refractivity contribution in [3.63, 3.8) is 0 Å². The van der Waals surface area contributed by atoms with Gasteiger partial charge in [0.15, 0.2) is 0 Å². The molecule has 1 aromatic rings. The van der Waals surface area contributed by atoms with Gasteiger partial charge < -0.3 is 10.1 Å². The van der Waals surface area contributed by atoms with Crippen LogP contribution in [0.3, 0.4) is 0 Å². The molecule has 18 heavy (non-hydrogen) atoms. The van der Waals surface area contributed by atoms with Gasteiger partial charge in [0.05, 0.1) is 7.11 Å². The van der Waals surface area contributed by atoms with Crippen molar-refractivity contribution in [3.8, 4) is 5.75 Å². The highest BCUT2D eigenvalue weighted by Crippen LogP contribution is 2.34. The molecule has 1 N–H and O–H groups in total. The molecule has 100 valence electrons. The van der Waals surface area contributed by atoms with E-state index in [2.05, 4.69) is 36.7 Å². The molecule has 0 heterocycles. The highest BCUT2D eigenvalue weighted by Gasteiger charge is 2.23. The normalized spacial score (nSPS) is 19.6. The Hall–Kier alpha value is -0.670. The molecule has 0 saturated heterocycles. The number of rotatable bonds is 6. The molecule has 0 fully saturated rings. The molecule has 2 atom stereocenters. The van der Waals surface area contributed by atoms with Gasteiger partial charge in [0, 0.05) is 12.1 Å². The van der Waals surface area contributed by atoms with E-state index in [9.17, 15) is 0 Å². The van der Waals surface area contributed by atoms with Crippen LogP contribution in [0, 0.1) is 0 Å². The van der Waals surface area contributed by atoms with Crippen LogP contribution in [-0.4, -0.2) is 25.2 Å². The molecule has 2 unspecified atom stereocenters. The average molecular weight is 265 g/mol.